The molecule has 0 saturated carbocycles. The summed E-state index contributed by atoms with van der Waals surface area (Å²) in [6.45, 7) is 2.03. The summed E-state index contributed by atoms with van der Waals surface area (Å²) in [5, 5.41) is 5.15. The standard InChI is InChI=1S/C16H15N3O2S/c1-2-11-3-5-12(6-4-11)18-14(20)9-19-10-17-15-13(16(19)21)7-8-22-15/h3-8,10H,2,9H2,1H3,(H,18,20). The van der Waals surface area contributed by atoms with Crippen molar-refractivity contribution in [3.05, 3.63) is 58.0 Å². The predicted octanol–water partition coefficient (Wildman–Crippen LogP) is 2.66. The molecule has 0 fully saturated rings. The number of carbonyl (C=O) groups is 1. The van der Waals surface area contributed by atoms with E-state index in [2.05, 4.69) is 17.2 Å². The number of amides is 1. The van der Waals surface area contributed by atoms with Gasteiger partial charge in [0.05, 0.1) is 11.7 Å². The molecule has 0 saturated heterocycles. The molecule has 1 N–H and O–H groups in total. The zero-order valence-electron chi connectivity index (χ0n) is 12.1. The second-order valence-corrected chi connectivity index (χ2v) is 5.81. The van der Waals surface area contributed by atoms with Gasteiger partial charge in [-0.1, -0.05) is 19.1 Å². The van der Waals surface area contributed by atoms with Crippen LogP contribution >= 0.6 is 11.3 Å². The fourth-order valence-electron chi connectivity index (χ4n) is 2.18. The van der Waals surface area contributed by atoms with Crippen LogP contribution < -0.4 is 10.9 Å². The van der Waals surface area contributed by atoms with E-state index in [4.69, 9.17) is 0 Å². The highest BCUT2D eigenvalue weighted by Gasteiger charge is 2.09. The lowest BCUT2D eigenvalue weighted by Gasteiger charge is -2.07. The third-order valence-electron chi connectivity index (χ3n) is 3.41. The molecule has 2 aromatic heterocycles. The lowest BCUT2D eigenvalue weighted by Crippen LogP contribution is -2.27. The first kappa shape index (κ1) is 14.5. The molecule has 0 aliphatic heterocycles. The first-order valence-corrected chi connectivity index (χ1v) is 7.87. The van der Waals surface area contributed by atoms with Gasteiger partial charge in [0.2, 0.25) is 5.91 Å². The van der Waals surface area contributed by atoms with E-state index in [0.717, 1.165) is 12.1 Å². The van der Waals surface area contributed by atoms with Crippen molar-refractivity contribution < 1.29 is 4.79 Å². The second kappa shape index (κ2) is 6.11. The van der Waals surface area contributed by atoms with Crippen molar-refractivity contribution in [3.63, 3.8) is 0 Å². The summed E-state index contributed by atoms with van der Waals surface area (Å²) < 4.78 is 1.32. The van der Waals surface area contributed by atoms with E-state index < -0.39 is 0 Å². The summed E-state index contributed by atoms with van der Waals surface area (Å²) in [7, 11) is 0. The van der Waals surface area contributed by atoms with E-state index in [9.17, 15) is 9.59 Å². The molecule has 1 amide bonds. The van der Waals surface area contributed by atoms with E-state index in [1.807, 2.05) is 29.6 Å². The molecule has 0 atom stereocenters. The van der Waals surface area contributed by atoms with Gasteiger partial charge in [0.25, 0.3) is 5.56 Å². The number of hydrogen-bond donors (Lipinski definition) is 1. The lowest BCUT2D eigenvalue weighted by atomic mass is 10.1. The smallest absolute Gasteiger partial charge is 0.262 e. The maximum atomic E-state index is 12.2. The molecule has 0 radical (unpaired) electrons. The van der Waals surface area contributed by atoms with Crippen molar-refractivity contribution in [2.24, 2.45) is 0 Å². The first-order chi connectivity index (χ1) is 10.7. The summed E-state index contributed by atoms with van der Waals surface area (Å²) in [4.78, 5) is 29.2. The summed E-state index contributed by atoms with van der Waals surface area (Å²) in [6.07, 6.45) is 2.37. The Kier molecular flexibility index (Phi) is 4.02. The van der Waals surface area contributed by atoms with Gasteiger partial charge >= 0.3 is 0 Å². The van der Waals surface area contributed by atoms with Gasteiger partial charge in [0.1, 0.15) is 11.4 Å². The van der Waals surface area contributed by atoms with Gasteiger partial charge < -0.3 is 5.32 Å². The van der Waals surface area contributed by atoms with Gasteiger partial charge in [0.15, 0.2) is 0 Å². The fourth-order valence-corrected chi connectivity index (χ4v) is 2.91. The van der Waals surface area contributed by atoms with E-state index in [1.165, 1.54) is 27.8 Å². The highest BCUT2D eigenvalue weighted by molar-refractivity contribution is 7.16. The largest absolute Gasteiger partial charge is 0.325 e. The van der Waals surface area contributed by atoms with Gasteiger partial charge in [-0.15, -0.1) is 11.3 Å². The van der Waals surface area contributed by atoms with Crippen LogP contribution in [0.25, 0.3) is 10.2 Å². The van der Waals surface area contributed by atoms with E-state index in [-0.39, 0.29) is 18.0 Å². The molecule has 5 nitrogen and oxygen atoms in total. The van der Waals surface area contributed by atoms with Gasteiger partial charge in [-0.05, 0) is 35.6 Å². The van der Waals surface area contributed by atoms with Crippen LogP contribution in [-0.2, 0) is 17.8 Å². The number of rotatable bonds is 4. The number of hydrogen-bond acceptors (Lipinski definition) is 4. The Labute approximate surface area is 131 Å². The number of carbonyl (C=O) groups excluding carboxylic acids is 1. The molecule has 6 heteroatoms. The van der Waals surface area contributed by atoms with Crippen LogP contribution in [0.1, 0.15) is 12.5 Å². The Morgan fingerprint density at radius 2 is 2.05 bits per heavy atom. The van der Waals surface area contributed by atoms with E-state index >= 15 is 0 Å². The SMILES string of the molecule is CCc1ccc(NC(=O)Cn2cnc3sccc3c2=O)cc1. The van der Waals surface area contributed by atoms with E-state index in [0.29, 0.717) is 10.2 Å². The van der Waals surface area contributed by atoms with Gasteiger partial charge in [-0.3, -0.25) is 14.2 Å². The Morgan fingerprint density at radius 1 is 1.27 bits per heavy atom. The highest BCUT2D eigenvalue weighted by Crippen LogP contribution is 2.13. The van der Waals surface area contributed by atoms with E-state index in [1.54, 1.807) is 6.07 Å². The third kappa shape index (κ3) is 2.92. The highest BCUT2D eigenvalue weighted by atomic mass is 32.1. The van der Waals surface area contributed by atoms with Crippen molar-refractivity contribution in [1.82, 2.24) is 9.55 Å². The number of thiophene rings is 1. The maximum absolute atomic E-state index is 12.2. The average Bonchev–Trinajstić information content (AvgIpc) is 3.00. The molecule has 1 aromatic carbocycles. The average molecular weight is 313 g/mol. The minimum atomic E-state index is -0.247. The zero-order chi connectivity index (χ0) is 15.5. The van der Waals surface area contributed by atoms with Gasteiger partial charge in [0, 0.05) is 5.69 Å². The Bertz CT molecular complexity index is 865. The van der Waals surface area contributed by atoms with Crippen molar-refractivity contribution in [3.8, 4) is 0 Å². The molecular weight excluding hydrogens is 298 g/mol. The second-order valence-electron chi connectivity index (χ2n) is 4.92. The molecule has 2 heterocycles. The summed E-state index contributed by atoms with van der Waals surface area (Å²) >= 11 is 1.41. The summed E-state index contributed by atoms with van der Waals surface area (Å²) in [5.74, 6) is -0.247. The molecule has 0 unspecified atom stereocenters. The number of aryl methyl sites for hydroxylation is 1. The first-order valence-electron chi connectivity index (χ1n) is 6.99. The number of aromatic nitrogens is 2. The molecule has 3 rings (SSSR count). The fraction of sp³-hybridized carbons (Fsp3) is 0.188. The van der Waals surface area contributed by atoms with Crippen molar-refractivity contribution in [2.45, 2.75) is 19.9 Å². The van der Waals surface area contributed by atoms with Crippen molar-refractivity contribution in [1.29, 1.82) is 0 Å². The van der Waals surface area contributed by atoms with Gasteiger partial charge in [-0.2, -0.15) is 0 Å². The minimum Gasteiger partial charge on any atom is -0.325 e. The molecular formula is C16H15N3O2S. The predicted molar refractivity (Wildman–Crippen MR) is 88.3 cm³/mol. The van der Waals surface area contributed by atoms with Crippen LogP contribution in [0.15, 0.2) is 46.8 Å². The van der Waals surface area contributed by atoms with Crippen LogP contribution in [0, 0.1) is 0 Å². The molecule has 22 heavy (non-hydrogen) atoms. The number of fused-ring (bicyclic) bond motifs is 1. The third-order valence-corrected chi connectivity index (χ3v) is 4.23. The minimum absolute atomic E-state index is 0.0485. The number of nitrogens with one attached hydrogen (secondary N) is 1. The molecule has 0 aliphatic carbocycles. The summed E-state index contributed by atoms with van der Waals surface area (Å²) in [5.41, 5.74) is 1.74. The van der Waals surface area contributed by atoms with Crippen molar-refractivity contribution in [2.75, 3.05) is 5.32 Å². The molecule has 0 aliphatic rings. The quantitative estimate of drug-likeness (QED) is 0.805. The molecule has 0 bridgehead atoms. The molecule has 112 valence electrons. The summed E-state index contributed by atoms with van der Waals surface area (Å²) in [6, 6.07) is 9.40. The molecule has 0 spiro atoms. The Morgan fingerprint density at radius 3 is 2.77 bits per heavy atom. The lowest BCUT2D eigenvalue weighted by molar-refractivity contribution is -0.116. The Hall–Kier alpha value is -2.47. The van der Waals surface area contributed by atoms with Gasteiger partial charge in [-0.25, -0.2) is 4.98 Å². The monoisotopic (exact) mass is 313 g/mol. The van der Waals surface area contributed by atoms with Crippen LogP contribution in [0.4, 0.5) is 5.69 Å². The van der Waals surface area contributed by atoms with Crippen molar-refractivity contribution >= 4 is 33.1 Å². The Balaban J connectivity index is 1.74. The normalized spacial score (nSPS) is 10.8. The topological polar surface area (TPSA) is 64.0 Å². The number of benzene rings is 1. The van der Waals surface area contributed by atoms with Crippen LogP contribution in [0.5, 0.6) is 0 Å². The maximum Gasteiger partial charge on any atom is 0.262 e. The number of nitrogens with zero attached hydrogens (tertiary/aromatic N) is 2. The van der Waals surface area contributed by atoms with Crippen LogP contribution in [0.3, 0.4) is 0 Å². The van der Waals surface area contributed by atoms with Crippen LogP contribution in [-0.4, -0.2) is 15.5 Å². The van der Waals surface area contributed by atoms with Crippen LogP contribution in [0.2, 0.25) is 0 Å². The number of anilines is 1. The molecule has 3 aromatic rings. The zero-order valence-corrected chi connectivity index (χ0v) is 12.9.